The van der Waals surface area contributed by atoms with E-state index in [-0.39, 0.29) is 11.8 Å². The average molecular weight is 378 g/mol. The van der Waals surface area contributed by atoms with Gasteiger partial charge in [-0.1, -0.05) is 30.3 Å². The molecule has 0 bridgehead atoms. The van der Waals surface area contributed by atoms with Gasteiger partial charge in [0.15, 0.2) is 0 Å². The maximum atomic E-state index is 13.1. The van der Waals surface area contributed by atoms with Crippen LogP contribution in [0.3, 0.4) is 0 Å². The molecular weight excluding hydrogens is 357 g/mol. The topological polar surface area (TPSA) is 48.5 Å². The molecule has 0 aliphatic carbocycles. The Morgan fingerprint density at radius 2 is 1.74 bits per heavy atom. The van der Waals surface area contributed by atoms with Crippen molar-refractivity contribution in [2.75, 3.05) is 37.6 Å². The number of pyridine rings is 1. The largest absolute Gasteiger partial charge is 0.419 e. The number of urea groups is 1. The van der Waals surface area contributed by atoms with Crippen LogP contribution in [0.4, 0.5) is 23.8 Å². The number of hydrogen-bond acceptors (Lipinski definition) is 3. The van der Waals surface area contributed by atoms with Crippen molar-refractivity contribution >= 4 is 11.8 Å². The van der Waals surface area contributed by atoms with E-state index < -0.39 is 11.7 Å². The Kier molecular flexibility index (Phi) is 5.83. The molecular formula is C19H21F3N4O. The van der Waals surface area contributed by atoms with Crippen molar-refractivity contribution in [1.82, 2.24) is 15.2 Å². The summed E-state index contributed by atoms with van der Waals surface area (Å²) in [6, 6.07) is 11.9. The summed E-state index contributed by atoms with van der Waals surface area (Å²) in [5.74, 6) is -0.0749. The standard InChI is InChI=1S/C19H21F3N4O/c20-19(21,22)16-7-4-9-23-17(16)25-11-13-26(14-12-25)18(27)24-10-8-15-5-2-1-3-6-15/h1-7,9H,8,10-14H2,(H,24,27). The van der Waals surface area contributed by atoms with E-state index in [2.05, 4.69) is 10.3 Å². The maximum absolute atomic E-state index is 13.1. The average Bonchev–Trinajstić information content (AvgIpc) is 2.68. The molecule has 1 fully saturated rings. The molecule has 2 heterocycles. The Balaban J connectivity index is 1.51. The number of carbonyl (C=O) groups excluding carboxylic acids is 1. The van der Waals surface area contributed by atoms with E-state index in [0.717, 1.165) is 18.1 Å². The van der Waals surface area contributed by atoms with Crippen LogP contribution in [0.1, 0.15) is 11.1 Å². The zero-order chi connectivity index (χ0) is 19.3. The lowest BCUT2D eigenvalue weighted by atomic mass is 10.1. The second-order valence-electron chi connectivity index (χ2n) is 6.31. The number of rotatable bonds is 4. The molecule has 3 rings (SSSR count). The Bertz CT molecular complexity index is 759. The molecule has 0 spiro atoms. The van der Waals surface area contributed by atoms with Gasteiger partial charge in [-0.2, -0.15) is 13.2 Å². The van der Waals surface area contributed by atoms with Gasteiger partial charge >= 0.3 is 12.2 Å². The highest BCUT2D eigenvalue weighted by Gasteiger charge is 2.36. The Morgan fingerprint density at radius 1 is 1.04 bits per heavy atom. The molecule has 2 aromatic rings. The van der Waals surface area contributed by atoms with Crippen LogP contribution >= 0.6 is 0 Å². The van der Waals surface area contributed by atoms with Crippen molar-refractivity contribution in [2.45, 2.75) is 12.6 Å². The summed E-state index contributed by atoms with van der Waals surface area (Å²) < 4.78 is 39.4. The lowest BCUT2D eigenvalue weighted by Crippen LogP contribution is -2.52. The van der Waals surface area contributed by atoms with Crippen LogP contribution in [0, 0.1) is 0 Å². The highest BCUT2D eigenvalue weighted by Crippen LogP contribution is 2.35. The number of amides is 2. The van der Waals surface area contributed by atoms with Crippen LogP contribution in [-0.4, -0.2) is 48.6 Å². The molecule has 1 aromatic carbocycles. The maximum Gasteiger partial charge on any atom is 0.419 e. The van der Waals surface area contributed by atoms with E-state index in [1.54, 1.807) is 9.80 Å². The molecule has 1 N–H and O–H groups in total. The van der Waals surface area contributed by atoms with Gasteiger partial charge in [-0.3, -0.25) is 0 Å². The number of nitrogens with zero attached hydrogens (tertiary/aromatic N) is 3. The summed E-state index contributed by atoms with van der Waals surface area (Å²) >= 11 is 0. The molecule has 5 nitrogen and oxygen atoms in total. The SMILES string of the molecule is O=C(NCCc1ccccc1)N1CCN(c2ncccc2C(F)(F)F)CC1. The third-order valence-electron chi connectivity index (χ3n) is 4.49. The van der Waals surface area contributed by atoms with Crippen molar-refractivity contribution < 1.29 is 18.0 Å². The van der Waals surface area contributed by atoms with Gasteiger partial charge in [0.1, 0.15) is 5.82 Å². The number of alkyl halides is 3. The molecule has 8 heteroatoms. The predicted octanol–water partition coefficient (Wildman–Crippen LogP) is 3.17. The molecule has 1 aliphatic heterocycles. The van der Waals surface area contributed by atoms with Crippen molar-refractivity contribution in [3.8, 4) is 0 Å². The first-order chi connectivity index (χ1) is 12.9. The summed E-state index contributed by atoms with van der Waals surface area (Å²) in [5, 5.41) is 2.86. The molecule has 2 amide bonds. The second kappa shape index (κ2) is 8.28. The lowest BCUT2D eigenvalue weighted by molar-refractivity contribution is -0.137. The third-order valence-corrected chi connectivity index (χ3v) is 4.49. The Labute approximate surface area is 155 Å². The van der Waals surface area contributed by atoms with Gasteiger partial charge in [0.25, 0.3) is 0 Å². The Morgan fingerprint density at radius 3 is 2.41 bits per heavy atom. The van der Waals surface area contributed by atoms with E-state index in [1.165, 1.54) is 12.3 Å². The summed E-state index contributed by atoms with van der Waals surface area (Å²) in [6.07, 6.45) is -2.36. The molecule has 1 saturated heterocycles. The highest BCUT2D eigenvalue weighted by molar-refractivity contribution is 5.74. The van der Waals surface area contributed by atoms with E-state index in [9.17, 15) is 18.0 Å². The number of piperazine rings is 1. The van der Waals surface area contributed by atoms with Gasteiger partial charge in [-0.15, -0.1) is 0 Å². The van der Waals surface area contributed by atoms with Crippen LogP contribution in [-0.2, 0) is 12.6 Å². The van der Waals surface area contributed by atoms with Crippen LogP contribution in [0.25, 0.3) is 0 Å². The minimum atomic E-state index is -4.45. The summed E-state index contributed by atoms with van der Waals surface area (Å²) in [5.41, 5.74) is 0.392. The normalized spacial score (nSPS) is 14.9. The van der Waals surface area contributed by atoms with Gasteiger partial charge < -0.3 is 15.1 Å². The van der Waals surface area contributed by atoms with Crippen LogP contribution in [0.2, 0.25) is 0 Å². The first-order valence-electron chi connectivity index (χ1n) is 8.79. The summed E-state index contributed by atoms with van der Waals surface area (Å²) in [6.45, 7) is 1.84. The molecule has 27 heavy (non-hydrogen) atoms. The van der Waals surface area contributed by atoms with E-state index in [4.69, 9.17) is 0 Å². The first kappa shape index (κ1) is 19.0. The van der Waals surface area contributed by atoms with E-state index >= 15 is 0 Å². The molecule has 0 atom stereocenters. The number of carbonyl (C=O) groups is 1. The van der Waals surface area contributed by atoms with Gasteiger partial charge in [0.05, 0.1) is 5.56 Å². The molecule has 144 valence electrons. The molecule has 0 saturated carbocycles. The summed E-state index contributed by atoms with van der Waals surface area (Å²) in [4.78, 5) is 19.4. The van der Waals surface area contributed by atoms with Gasteiger partial charge in [0, 0.05) is 38.9 Å². The van der Waals surface area contributed by atoms with E-state index in [1.807, 2.05) is 30.3 Å². The minimum absolute atomic E-state index is 0.0749. The highest BCUT2D eigenvalue weighted by atomic mass is 19.4. The van der Waals surface area contributed by atoms with Gasteiger partial charge in [0.2, 0.25) is 0 Å². The second-order valence-corrected chi connectivity index (χ2v) is 6.31. The Hall–Kier alpha value is -2.77. The fourth-order valence-electron chi connectivity index (χ4n) is 3.06. The number of benzene rings is 1. The number of anilines is 1. The molecule has 1 aromatic heterocycles. The zero-order valence-corrected chi connectivity index (χ0v) is 14.7. The van der Waals surface area contributed by atoms with Crippen molar-refractivity contribution in [3.63, 3.8) is 0 Å². The number of aromatic nitrogens is 1. The van der Waals surface area contributed by atoms with Crippen molar-refractivity contribution in [2.24, 2.45) is 0 Å². The molecule has 0 unspecified atom stereocenters. The van der Waals surface area contributed by atoms with Crippen LogP contribution < -0.4 is 10.2 Å². The first-order valence-corrected chi connectivity index (χ1v) is 8.79. The van der Waals surface area contributed by atoms with Crippen molar-refractivity contribution in [3.05, 3.63) is 59.8 Å². The summed E-state index contributed by atoms with van der Waals surface area (Å²) in [7, 11) is 0. The minimum Gasteiger partial charge on any atom is -0.353 e. The van der Waals surface area contributed by atoms with E-state index in [0.29, 0.717) is 32.7 Å². The monoisotopic (exact) mass is 378 g/mol. The quantitative estimate of drug-likeness (QED) is 0.889. The molecule has 1 aliphatic rings. The predicted molar refractivity (Wildman–Crippen MR) is 96.6 cm³/mol. The van der Waals surface area contributed by atoms with Crippen molar-refractivity contribution in [1.29, 1.82) is 0 Å². The van der Waals surface area contributed by atoms with Crippen LogP contribution in [0.5, 0.6) is 0 Å². The fourth-order valence-corrected chi connectivity index (χ4v) is 3.06. The zero-order valence-electron chi connectivity index (χ0n) is 14.7. The van der Waals surface area contributed by atoms with Gasteiger partial charge in [-0.05, 0) is 24.1 Å². The smallest absolute Gasteiger partial charge is 0.353 e. The number of hydrogen-bond donors (Lipinski definition) is 1. The van der Waals surface area contributed by atoms with Gasteiger partial charge in [-0.25, -0.2) is 9.78 Å². The van der Waals surface area contributed by atoms with Crippen LogP contribution in [0.15, 0.2) is 48.7 Å². The number of halogens is 3. The third kappa shape index (κ3) is 4.90. The fraction of sp³-hybridized carbons (Fsp3) is 0.368. The lowest BCUT2D eigenvalue weighted by Gasteiger charge is -2.36. The molecule has 0 radical (unpaired) electrons. The number of nitrogens with one attached hydrogen (secondary N) is 1.